The number of hydrogen-bond donors (Lipinski definition) is 2. The summed E-state index contributed by atoms with van der Waals surface area (Å²) in [5.74, 6) is 0.854. The highest BCUT2D eigenvalue weighted by Crippen LogP contribution is 2.28. The van der Waals surface area contributed by atoms with Gasteiger partial charge in [0.15, 0.2) is 0 Å². The van der Waals surface area contributed by atoms with Crippen molar-refractivity contribution in [2.45, 2.75) is 43.5 Å². The van der Waals surface area contributed by atoms with Crippen molar-refractivity contribution >= 4 is 32.7 Å². The maximum absolute atomic E-state index is 13.2. The minimum Gasteiger partial charge on any atom is -0.369 e. The molecule has 0 radical (unpaired) electrons. The first kappa shape index (κ1) is 26.6. The number of anilines is 1. The van der Waals surface area contributed by atoms with Crippen molar-refractivity contribution in [1.82, 2.24) is 24.5 Å². The lowest BCUT2D eigenvalue weighted by Crippen LogP contribution is -2.44. The maximum Gasteiger partial charge on any atom is 0.240 e. The molecular weight excluding hydrogens is 500 g/mol. The van der Waals surface area contributed by atoms with Crippen LogP contribution in [0.2, 0.25) is 0 Å². The minimum absolute atomic E-state index is 0.0175. The van der Waals surface area contributed by atoms with E-state index < -0.39 is 10.0 Å². The van der Waals surface area contributed by atoms with Crippen molar-refractivity contribution in [3.63, 3.8) is 0 Å². The Labute approximate surface area is 225 Å². The highest BCUT2D eigenvalue weighted by atomic mass is 32.2. The first-order chi connectivity index (χ1) is 18.2. The Hall–Kier alpha value is -2.95. The SMILES string of the molecule is CCN(C)C(=O)C1CCC(NS(=O)(=O)c2ccc3nc(-c4ccc(N5CCN(C)CC5)cc4)[nH]c3c2)CC1. The van der Waals surface area contributed by atoms with E-state index in [1.807, 2.05) is 14.0 Å². The average Bonchev–Trinajstić information content (AvgIpc) is 3.37. The van der Waals surface area contributed by atoms with Crippen molar-refractivity contribution < 1.29 is 13.2 Å². The van der Waals surface area contributed by atoms with Gasteiger partial charge in [0.25, 0.3) is 0 Å². The minimum atomic E-state index is -3.69. The average molecular weight is 539 g/mol. The zero-order valence-electron chi connectivity index (χ0n) is 22.5. The van der Waals surface area contributed by atoms with Crippen molar-refractivity contribution in [3.05, 3.63) is 42.5 Å². The second-order valence-electron chi connectivity index (χ2n) is 10.6. The number of piperazine rings is 1. The molecule has 2 heterocycles. The lowest BCUT2D eigenvalue weighted by atomic mass is 9.85. The zero-order valence-corrected chi connectivity index (χ0v) is 23.3. The Morgan fingerprint density at radius 3 is 2.39 bits per heavy atom. The van der Waals surface area contributed by atoms with Crippen molar-refractivity contribution in [3.8, 4) is 11.4 Å². The van der Waals surface area contributed by atoms with Gasteiger partial charge in [-0.2, -0.15) is 0 Å². The highest BCUT2D eigenvalue weighted by Gasteiger charge is 2.30. The van der Waals surface area contributed by atoms with Gasteiger partial charge in [-0.3, -0.25) is 4.79 Å². The van der Waals surface area contributed by atoms with Crippen LogP contribution in [0.1, 0.15) is 32.6 Å². The fourth-order valence-electron chi connectivity index (χ4n) is 5.40. The van der Waals surface area contributed by atoms with Gasteiger partial charge in [-0.25, -0.2) is 18.1 Å². The molecule has 3 aromatic rings. The van der Waals surface area contributed by atoms with Gasteiger partial charge in [0, 0.05) is 63.0 Å². The first-order valence-corrected chi connectivity index (χ1v) is 15.0. The number of H-pyrrole nitrogens is 1. The summed E-state index contributed by atoms with van der Waals surface area (Å²) in [5.41, 5.74) is 3.57. The van der Waals surface area contributed by atoms with Crippen molar-refractivity contribution in [2.75, 3.05) is 51.7 Å². The van der Waals surface area contributed by atoms with Crippen LogP contribution in [0.5, 0.6) is 0 Å². The molecule has 1 saturated heterocycles. The summed E-state index contributed by atoms with van der Waals surface area (Å²) in [6.07, 6.45) is 2.72. The van der Waals surface area contributed by atoms with Gasteiger partial charge in [0.05, 0.1) is 15.9 Å². The molecule has 1 saturated carbocycles. The smallest absolute Gasteiger partial charge is 0.240 e. The third kappa shape index (κ3) is 5.72. The number of rotatable bonds is 7. The van der Waals surface area contributed by atoms with Crippen LogP contribution < -0.4 is 9.62 Å². The van der Waals surface area contributed by atoms with E-state index in [9.17, 15) is 13.2 Å². The quantitative estimate of drug-likeness (QED) is 0.479. The van der Waals surface area contributed by atoms with Gasteiger partial charge in [0.2, 0.25) is 15.9 Å². The fourth-order valence-corrected chi connectivity index (χ4v) is 6.73. The topological polar surface area (TPSA) is 102 Å². The molecule has 5 rings (SSSR count). The first-order valence-electron chi connectivity index (χ1n) is 13.5. The molecule has 2 aromatic carbocycles. The number of nitrogens with one attached hydrogen (secondary N) is 2. The number of hydrogen-bond acceptors (Lipinski definition) is 6. The predicted octanol–water partition coefficient (Wildman–Crippen LogP) is 3.30. The van der Waals surface area contributed by atoms with Crippen LogP contribution in [0.15, 0.2) is 47.4 Å². The van der Waals surface area contributed by atoms with Crippen LogP contribution in [0.3, 0.4) is 0 Å². The van der Waals surface area contributed by atoms with E-state index >= 15 is 0 Å². The summed E-state index contributed by atoms with van der Waals surface area (Å²) < 4.78 is 29.2. The second-order valence-corrected chi connectivity index (χ2v) is 12.3. The molecule has 2 fully saturated rings. The lowest BCUT2D eigenvalue weighted by molar-refractivity contribution is -0.135. The highest BCUT2D eigenvalue weighted by molar-refractivity contribution is 7.89. The predicted molar refractivity (Wildman–Crippen MR) is 151 cm³/mol. The van der Waals surface area contributed by atoms with E-state index in [1.165, 1.54) is 5.69 Å². The molecule has 9 nitrogen and oxygen atoms in total. The summed E-state index contributed by atoms with van der Waals surface area (Å²) >= 11 is 0. The molecule has 1 aromatic heterocycles. The van der Waals surface area contributed by atoms with Crippen molar-refractivity contribution in [1.29, 1.82) is 0 Å². The molecule has 10 heteroatoms. The molecule has 2 aliphatic rings. The third-order valence-electron chi connectivity index (χ3n) is 8.02. The number of carbonyl (C=O) groups excluding carboxylic acids is 1. The number of imidazole rings is 1. The van der Waals surface area contributed by atoms with E-state index in [4.69, 9.17) is 4.98 Å². The van der Waals surface area contributed by atoms with Crippen molar-refractivity contribution in [2.24, 2.45) is 5.92 Å². The number of carbonyl (C=O) groups is 1. The number of fused-ring (bicyclic) bond motifs is 1. The van der Waals surface area contributed by atoms with Gasteiger partial charge in [-0.1, -0.05) is 0 Å². The number of amides is 1. The van der Waals surface area contributed by atoms with E-state index in [1.54, 1.807) is 23.1 Å². The van der Waals surface area contributed by atoms with E-state index in [0.717, 1.165) is 37.3 Å². The van der Waals surface area contributed by atoms with Gasteiger partial charge >= 0.3 is 0 Å². The number of aromatic nitrogens is 2. The summed E-state index contributed by atoms with van der Waals surface area (Å²) in [5, 5.41) is 0. The van der Waals surface area contributed by atoms with Crippen LogP contribution in [0.25, 0.3) is 22.4 Å². The molecule has 1 amide bonds. The summed E-state index contributed by atoms with van der Waals surface area (Å²) in [7, 11) is 0.277. The summed E-state index contributed by atoms with van der Waals surface area (Å²) in [4.78, 5) is 27.1. The van der Waals surface area contributed by atoms with E-state index in [2.05, 4.69) is 50.8 Å². The van der Waals surface area contributed by atoms with Crippen LogP contribution in [-0.2, 0) is 14.8 Å². The van der Waals surface area contributed by atoms with Gasteiger partial charge < -0.3 is 19.7 Å². The molecule has 0 bridgehead atoms. The van der Waals surface area contributed by atoms with Crippen LogP contribution >= 0.6 is 0 Å². The summed E-state index contributed by atoms with van der Waals surface area (Å²) in [6.45, 7) is 6.79. The molecule has 1 aliphatic heterocycles. The van der Waals surface area contributed by atoms with Crippen LogP contribution in [0.4, 0.5) is 5.69 Å². The van der Waals surface area contributed by atoms with Crippen LogP contribution in [-0.4, -0.2) is 87.0 Å². The molecule has 0 atom stereocenters. The zero-order chi connectivity index (χ0) is 26.9. The Morgan fingerprint density at radius 2 is 1.74 bits per heavy atom. The van der Waals surface area contributed by atoms with Gasteiger partial charge in [0.1, 0.15) is 5.82 Å². The number of nitrogens with zero attached hydrogens (tertiary/aromatic N) is 4. The Bertz CT molecular complexity index is 1370. The number of benzene rings is 2. The Morgan fingerprint density at radius 1 is 1.05 bits per heavy atom. The van der Waals surface area contributed by atoms with E-state index in [0.29, 0.717) is 43.6 Å². The molecular formula is C28H38N6O3S. The van der Waals surface area contributed by atoms with E-state index in [-0.39, 0.29) is 22.8 Å². The molecule has 38 heavy (non-hydrogen) atoms. The normalized spacial score (nSPS) is 21.1. The largest absolute Gasteiger partial charge is 0.369 e. The number of sulfonamides is 1. The standard InChI is InChI=1S/C28H38N6O3S/c1-4-33(3)28(35)21-5-9-22(10-6-21)31-38(36,37)24-13-14-25-26(19-24)30-27(29-25)20-7-11-23(12-8-20)34-17-15-32(2)16-18-34/h7-8,11-14,19,21-22,31H,4-6,9-10,15-18H2,1-3H3,(H,29,30). The molecule has 0 unspecified atom stereocenters. The van der Waals surface area contributed by atoms with Crippen LogP contribution in [0, 0.1) is 5.92 Å². The van der Waals surface area contributed by atoms with Gasteiger partial charge in [-0.15, -0.1) is 0 Å². The Balaban J connectivity index is 1.25. The lowest BCUT2D eigenvalue weighted by Gasteiger charge is -2.34. The second kappa shape index (κ2) is 11.0. The van der Waals surface area contributed by atoms with Gasteiger partial charge in [-0.05, 0) is 82.1 Å². The fraction of sp³-hybridized carbons (Fsp3) is 0.500. The third-order valence-corrected chi connectivity index (χ3v) is 9.54. The monoisotopic (exact) mass is 538 g/mol. The number of aromatic amines is 1. The maximum atomic E-state index is 13.2. The summed E-state index contributed by atoms with van der Waals surface area (Å²) in [6, 6.07) is 13.2. The molecule has 1 aliphatic carbocycles. The molecule has 2 N–H and O–H groups in total. The molecule has 204 valence electrons. The number of likely N-dealkylation sites (N-methyl/N-ethyl adjacent to an activating group) is 1. The Kier molecular flexibility index (Phi) is 7.74. The molecule has 0 spiro atoms.